The van der Waals surface area contributed by atoms with Crippen molar-refractivity contribution in [2.75, 3.05) is 13.7 Å². The molecule has 6 nitrogen and oxygen atoms in total. The van der Waals surface area contributed by atoms with E-state index in [2.05, 4.69) is 4.74 Å². The number of likely N-dealkylation sites (tertiary alicyclic amines) is 1. The molecule has 0 bridgehead atoms. The summed E-state index contributed by atoms with van der Waals surface area (Å²) in [5.74, 6) is -0.868. The quantitative estimate of drug-likeness (QED) is 0.585. The molecule has 1 aliphatic rings. The number of nitrogens with zero attached hydrogens (tertiary/aromatic N) is 1. The predicted octanol–water partition coefficient (Wildman–Crippen LogP) is 1.91. The number of esters is 1. The van der Waals surface area contributed by atoms with E-state index in [0.717, 1.165) is 12.8 Å². The van der Waals surface area contributed by atoms with Crippen molar-refractivity contribution in [2.45, 2.75) is 58.1 Å². The third-order valence-corrected chi connectivity index (χ3v) is 3.05. The van der Waals surface area contributed by atoms with E-state index in [-0.39, 0.29) is 12.2 Å². The van der Waals surface area contributed by atoms with Gasteiger partial charge >= 0.3 is 12.1 Å². The lowest BCUT2D eigenvalue weighted by molar-refractivity contribution is -0.144. The average molecular weight is 285 g/mol. The number of carbonyl (C=O) groups is 3. The van der Waals surface area contributed by atoms with Crippen LogP contribution >= 0.6 is 0 Å². The molecule has 0 spiro atoms. The third-order valence-electron chi connectivity index (χ3n) is 3.05. The van der Waals surface area contributed by atoms with Crippen molar-refractivity contribution < 1.29 is 23.9 Å². The molecule has 0 N–H and O–H groups in total. The van der Waals surface area contributed by atoms with Gasteiger partial charge in [-0.3, -0.25) is 14.5 Å². The van der Waals surface area contributed by atoms with Gasteiger partial charge in [0.15, 0.2) is 5.78 Å². The number of ether oxygens (including phenoxy) is 2. The molecule has 1 fully saturated rings. The second-order valence-electron chi connectivity index (χ2n) is 5.90. The van der Waals surface area contributed by atoms with Crippen LogP contribution in [0, 0.1) is 0 Å². The van der Waals surface area contributed by atoms with Gasteiger partial charge in [-0.1, -0.05) is 0 Å². The number of hydrogen-bond acceptors (Lipinski definition) is 5. The largest absolute Gasteiger partial charge is 0.469 e. The van der Waals surface area contributed by atoms with Crippen LogP contribution in [0.1, 0.15) is 46.5 Å². The number of carbonyl (C=O) groups excluding carboxylic acids is 3. The van der Waals surface area contributed by atoms with Gasteiger partial charge in [0, 0.05) is 6.54 Å². The molecule has 6 heteroatoms. The zero-order valence-electron chi connectivity index (χ0n) is 12.6. The summed E-state index contributed by atoms with van der Waals surface area (Å²) >= 11 is 0. The first-order valence-corrected chi connectivity index (χ1v) is 6.84. The number of rotatable bonds is 3. The summed E-state index contributed by atoms with van der Waals surface area (Å²) in [6.45, 7) is 5.81. The van der Waals surface area contributed by atoms with Gasteiger partial charge in [0.05, 0.1) is 13.2 Å². The Bertz CT molecular complexity index is 386. The fourth-order valence-corrected chi connectivity index (χ4v) is 2.14. The van der Waals surface area contributed by atoms with E-state index in [1.54, 1.807) is 20.8 Å². The second kappa shape index (κ2) is 6.72. The van der Waals surface area contributed by atoms with Gasteiger partial charge in [0.1, 0.15) is 12.0 Å². The van der Waals surface area contributed by atoms with E-state index in [1.165, 1.54) is 12.0 Å². The smallest absolute Gasteiger partial charge is 0.410 e. The van der Waals surface area contributed by atoms with Gasteiger partial charge in [-0.25, -0.2) is 4.79 Å². The third kappa shape index (κ3) is 4.83. The topological polar surface area (TPSA) is 72.9 Å². The Hall–Kier alpha value is -1.59. The van der Waals surface area contributed by atoms with Crippen LogP contribution in [0.5, 0.6) is 0 Å². The molecule has 1 heterocycles. The summed E-state index contributed by atoms with van der Waals surface area (Å²) in [4.78, 5) is 36.8. The van der Waals surface area contributed by atoms with E-state index in [4.69, 9.17) is 4.74 Å². The highest BCUT2D eigenvalue weighted by Gasteiger charge is 2.35. The molecule has 0 radical (unpaired) electrons. The Labute approximate surface area is 119 Å². The highest BCUT2D eigenvalue weighted by molar-refractivity contribution is 5.99. The van der Waals surface area contributed by atoms with Crippen LogP contribution in [0.2, 0.25) is 0 Å². The lowest BCUT2D eigenvalue weighted by Crippen LogP contribution is -2.50. The molecule has 1 aliphatic heterocycles. The van der Waals surface area contributed by atoms with Crippen molar-refractivity contribution in [3.8, 4) is 0 Å². The summed E-state index contributed by atoms with van der Waals surface area (Å²) in [6.07, 6.45) is 1.45. The van der Waals surface area contributed by atoms with E-state index in [1.807, 2.05) is 0 Å². The minimum atomic E-state index is -0.607. The van der Waals surface area contributed by atoms with Crippen LogP contribution in [-0.2, 0) is 19.1 Å². The molecule has 114 valence electrons. The molecule has 1 amide bonds. The maximum atomic E-state index is 12.1. The molecule has 0 aliphatic carbocycles. The molecule has 0 aromatic rings. The van der Waals surface area contributed by atoms with Gasteiger partial charge in [0.2, 0.25) is 0 Å². The summed E-state index contributed by atoms with van der Waals surface area (Å²) in [6, 6.07) is -0.585. The van der Waals surface area contributed by atoms with Crippen LogP contribution in [0.4, 0.5) is 4.79 Å². The van der Waals surface area contributed by atoms with Crippen LogP contribution in [0.3, 0.4) is 0 Å². The number of ketones is 1. The van der Waals surface area contributed by atoms with Crippen molar-refractivity contribution in [1.29, 1.82) is 0 Å². The highest BCUT2D eigenvalue weighted by atomic mass is 16.6. The zero-order valence-corrected chi connectivity index (χ0v) is 12.6. The number of methoxy groups -OCH3 is 1. The van der Waals surface area contributed by atoms with E-state index in [9.17, 15) is 14.4 Å². The van der Waals surface area contributed by atoms with Crippen LogP contribution in [-0.4, -0.2) is 48.0 Å². The van der Waals surface area contributed by atoms with Crippen LogP contribution in [0.15, 0.2) is 0 Å². The highest BCUT2D eigenvalue weighted by Crippen LogP contribution is 2.22. The van der Waals surface area contributed by atoms with Gasteiger partial charge < -0.3 is 9.47 Å². The van der Waals surface area contributed by atoms with Gasteiger partial charge in [-0.2, -0.15) is 0 Å². The molecule has 1 saturated heterocycles. The monoisotopic (exact) mass is 285 g/mol. The maximum Gasteiger partial charge on any atom is 0.410 e. The van der Waals surface area contributed by atoms with Crippen molar-refractivity contribution in [3.05, 3.63) is 0 Å². The van der Waals surface area contributed by atoms with E-state index < -0.39 is 23.7 Å². The Morgan fingerprint density at radius 2 is 1.85 bits per heavy atom. The SMILES string of the molecule is COC(=O)CC(=O)[C@H]1CCCCN1C(=O)OC(C)(C)C. The summed E-state index contributed by atoms with van der Waals surface area (Å²) in [5.41, 5.74) is -0.607. The average Bonchev–Trinajstić information content (AvgIpc) is 2.36. The van der Waals surface area contributed by atoms with E-state index >= 15 is 0 Å². The molecule has 20 heavy (non-hydrogen) atoms. The Kier molecular flexibility index (Phi) is 5.53. The molecule has 1 atom stereocenters. The predicted molar refractivity (Wildman–Crippen MR) is 72.2 cm³/mol. The first-order valence-electron chi connectivity index (χ1n) is 6.84. The van der Waals surface area contributed by atoms with Gasteiger partial charge in [-0.15, -0.1) is 0 Å². The Balaban J connectivity index is 2.73. The number of hydrogen-bond donors (Lipinski definition) is 0. The number of Topliss-reactive ketones (excluding diaryl/α,β-unsaturated/α-hetero) is 1. The minimum Gasteiger partial charge on any atom is -0.469 e. The number of piperidine rings is 1. The first kappa shape index (κ1) is 16.5. The zero-order chi connectivity index (χ0) is 15.3. The molecular formula is C14H23NO5. The van der Waals surface area contributed by atoms with Crippen LogP contribution < -0.4 is 0 Å². The molecule has 0 aromatic carbocycles. The molecule has 0 aromatic heterocycles. The summed E-state index contributed by atoms with van der Waals surface area (Å²) in [7, 11) is 1.24. The Morgan fingerprint density at radius 1 is 1.20 bits per heavy atom. The summed E-state index contributed by atoms with van der Waals surface area (Å²) in [5, 5.41) is 0. The molecule has 0 unspecified atom stereocenters. The van der Waals surface area contributed by atoms with Gasteiger partial charge in [-0.05, 0) is 40.0 Å². The number of amides is 1. The molecule has 1 rings (SSSR count). The van der Waals surface area contributed by atoms with Crippen molar-refractivity contribution in [1.82, 2.24) is 4.90 Å². The lowest BCUT2D eigenvalue weighted by atomic mass is 9.97. The lowest BCUT2D eigenvalue weighted by Gasteiger charge is -2.35. The first-order chi connectivity index (χ1) is 9.24. The molecule has 0 saturated carbocycles. The van der Waals surface area contributed by atoms with Crippen molar-refractivity contribution in [2.24, 2.45) is 0 Å². The second-order valence-corrected chi connectivity index (χ2v) is 5.90. The maximum absolute atomic E-state index is 12.1. The van der Waals surface area contributed by atoms with Gasteiger partial charge in [0.25, 0.3) is 0 Å². The molecular weight excluding hydrogens is 262 g/mol. The fourth-order valence-electron chi connectivity index (χ4n) is 2.14. The fraction of sp³-hybridized carbons (Fsp3) is 0.786. The van der Waals surface area contributed by atoms with Crippen molar-refractivity contribution >= 4 is 17.8 Å². The van der Waals surface area contributed by atoms with Crippen LogP contribution in [0.25, 0.3) is 0 Å². The van der Waals surface area contributed by atoms with Crippen molar-refractivity contribution in [3.63, 3.8) is 0 Å². The minimum absolute atomic E-state index is 0.289. The normalized spacial score (nSPS) is 19.4. The van der Waals surface area contributed by atoms with E-state index in [0.29, 0.717) is 13.0 Å². The Morgan fingerprint density at radius 3 is 2.40 bits per heavy atom. The summed E-state index contributed by atoms with van der Waals surface area (Å²) < 4.78 is 9.80. The standard InChI is InChI=1S/C14H23NO5/c1-14(2,3)20-13(18)15-8-6-5-7-10(15)11(16)9-12(17)19-4/h10H,5-9H2,1-4H3/t10-/m1/s1.